The third-order valence-electron chi connectivity index (χ3n) is 4.01. The molecule has 1 aromatic carbocycles. The van der Waals surface area contributed by atoms with E-state index < -0.39 is 6.09 Å². The van der Waals surface area contributed by atoms with Gasteiger partial charge in [0.1, 0.15) is 11.4 Å². The van der Waals surface area contributed by atoms with Crippen molar-refractivity contribution in [3.05, 3.63) is 52.7 Å². The Labute approximate surface area is 170 Å². The maximum Gasteiger partial charge on any atom is 0.426 e. The fraction of sp³-hybridized carbons (Fsp3) is 0.263. The minimum absolute atomic E-state index is 0.118. The molecule has 3 aromatic rings. The van der Waals surface area contributed by atoms with Gasteiger partial charge in [0.15, 0.2) is 0 Å². The zero-order chi connectivity index (χ0) is 19.9. The number of aryl methyl sites for hydroxylation is 2. The fourth-order valence-electron chi connectivity index (χ4n) is 2.52. The Balaban J connectivity index is 1.39. The number of nitrogens with one attached hydrogen (secondary N) is 2. The number of nitrogens with zero attached hydrogens (tertiary/aromatic N) is 2. The lowest BCUT2D eigenvalue weighted by Crippen LogP contribution is -2.43. The molecule has 0 radical (unpaired) electrons. The summed E-state index contributed by atoms with van der Waals surface area (Å²) in [6.07, 6.45) is 1.42. The van der Waals surface area contributed by atoms with Crippen LogP contribution in [0, 0.1) is 13.8 Å². The van der Waals surface area contributed by atoms with Gasteiger partial charge in [-0.25, -0.2) is 20.2 Å². The average molecular weight is 417 g/mol. The highest BCUT2D eigenvalue weighted by Crippen LogP contribution is 2.30. The van der Waals surface area contributed by atoms with Gasteiger partial charge in [0.05, 0.1) is 22.6 Å². The molecule has 0 spiro atoms. The second-order valence-electron chi connectivity index (χ2n) is 6.05. The van der Waals surface area contributed by atoms with Crippen LogP contribution in [-0.2, 0) is 16.0 Å². The molecule has 7 nitrogen and oxygen atoms in total. The van der Waals surface area contributed by atoms with Crippen molar-refractivity contribution in [1.82, 2.24) is 20.8 Å². The summed E-state index contributed by atoms with van der Waals surface area (Å²) in [6, 6.07) is 7.92. The number of thioether (sulfide) groups is 1. The molecule has 3 rings (SSSR count). The van der Waals surface area contributed by atoms with Gasteiger partial charge in [0.25, 0.3) is 0 Å². The summed E-state index contributed by atoms with van der Waals surface area (Å²) in [5.74, 6) is -0.229. The van der Waals surface area contributed by atoms with E-state index in [0.717, 1.165) is 31.9 Å². The number of thiophene rings is 1. The van der Waals surface area contributed by atoms with Crippen molar-refractivity contribution in [2.75, 3.05) is 12.4 Å². The highest BCUT2D eigenvalue weighted by Gasteiger charge is 2.11. The van der Waals surface area contributed by atoms with Crippen LogP contribution in [0.3, 0.4) is 0 Å². The Bertz CT molecular complexity index is 990. The summed E-state index contributed by atoms with van der Waals surface area (Å²) < 4.78 is 6.04. The molecule has 0 bridgehead atoms. The van der Waals surface area contributed by atoms with Crippen molar-refractivity contribution in [2.45, 2.75) is 25.3 Å². The first-order valence-electron chi connectivity index (χ1n) is 8.62. The van der Waals surface area contributed by atoms with E-state index in [0.29, 0.717) is 6.42 Å². The van der Waals surface area contributed by atoms with Crippen LogP contribution in [-0.4, -0.2) is 34.3 Å². The molecule has 0 unspecified atom stereocenters. The Morgan fingerprint density at radius 1 is 1.14 bits per heavy atom. The van der Waals surface area contributed by atoms with E-state index in [2.05, 4.69) is 20.8 Å². The number of carbonyl (C=O) groups is 2. The average Bonchev–Trinajstić information content (AvgIpc) is 3.08. The monoisotopic (exact) mass is 416 g/mol. The Morgan fingerprint density at radius 2 is 1.96 bits per heavy atom. The van der Waals surface area contributed by atoms with E-state index in [1.54, 1.807) is 11.3 Å². The maximum atomic E-state index is 12.0. The number of ether oxygens (including phenoxy) is 1. The first-order valence-corrected chi connectivity index (χ1v) is 10.5. The molecular formula is C19H20N4O3S2. The minimum atomic E-state index is -0.690. The topological polar surface area (TPSA) is 93.2 Å². The van der Waals surface area contributed by atoms with E-state index in [9.17, 15) is 9.59 Å². The third kappa shape index (κ3) is 5.20. The van der Waals surface area contributed by atoms with Gasteiger partial charge >= 0.3 is 6.09 Å². The summed E-state index contributed by atoms with van der Waals surface area (Å²) in [6.45, 7) is 4.23. The zero-order valence-corrected chi connectivity index (χ0v) is 17.2. The van der Waals surface area contributed by atoms with Gasteiger partial charge in [0.2, 0.25) is 5.91 Å². The number of rotatable bonds is 6. The van der Waals surface area contributed by atoms with Crippen LogP contribution in [0.1, 0.15) is 16.7 Å². The standard InChI is InChI=1S/C19H20N4O3S2/c1-12-5-3-4-6-14(12)7-8-26-19(25)23-22-15(24)10-28-18-17-16(20-11-21-18)13(2)9-27-17/h3-6,9,11H,7-8,10H2,1-2H3,(H,22,24)(H,23,25). The van der Waals surface area contributed by atoms with Crippen molar-refractivity contribution >= 4 is 45.3 Å². The molecular weight excluding hydrogens is 396 g/mol. The van der Waals surface area contributed by atoms with Crippen LogP contribution in [0.2, 0.25) is 0 Å². The molecule has 0 aliphatic rings. The highest BCUT2D eigenvalue weighted by atomic mass is 32.2. The zero-order valence-electron chi connectivity index (χ0n) is 15.5. The second-order valence-corrected chi connectivity index (χ2v) is 7.89. The molecule has 2 heterocycles. The number of hydrogen-bond acceptors (Lipinski definition) is 7. The molecule has 0 aliphatic heterocycles. The quantitative estimate of drug-likeness (QED) is 0.363. The molecule has 2 amide bonds. The number of amides is 2. The molecule has 2 aromatic heterocycles. The highest BCUT2D eigenvalue weighted by molar-refractivity contribution is 8.00. The predicted molar refractivity (Wildman–Crippen MR) is 110 cm³/mol. The van der Waals surface area contributed by atoms with E-state index in [1.165, 1.54) is 18.1 Å². The number of fused-ring (bicyclic) bond motifs is 1. The number of hydrogen-bond donors (Lipinski definition) is 2. The smallest absolute Gasteiger partial charge is 0.426 e. The fourth-order valence-corrected chi connectivity index (χ4v) is 4.42. The van der Waals surface area contributed by atoms with Gasteiger partial charge in [0, 0.05) is 6.42 Å². The molecule has 0 fully saturated rings. The molecule has 0 saturated carbocycles. The van der Waals surface area contributed by atoms with Crippen LogP contribution < -0.4 is 10.9 Å². The van der Waals surface area contributed by atoms with Crippen molar-refractivity contribution < 1.29 is 14.3 Å². The Hall–Kier alpha value is -2.65. The number of benzene rings is 1. The van der Waals surface area contributed by atoms with E-state index >= 15 is 0 Å². The molecule has 146 valence electrons. The lowest BCUT2D eigenvalue weighted by Gasteiger charge is -2.09. The first kappa shape index (κ1) is 20.1. The van der Waals surface area contributed by atoms with Gasteiger partial charge in [-0.05, 0) is 35.9 Å². The van der Waals surface area contributed by atoms with E-state index in [-0.39, 0.29) is 18.3 Å². The molecule has 0 saturated heterocycles. The Kier molecular flexibility index (Phi) is 6.83. The number of aromatic nitrogens is 2. The summed E-state index contributed by atoms with van der Waals surface area (Å²) in [5.41, 5.74) is 8.86. The van der Waals surface area contributed by atoms with Gasteiger partial charge in [-0.3, -0.25) is 10.2 Å². The first-order chi connectivity index (χ1) is 13.5. The van der Waals surface area contributed by atoms with Crippen molar-refractivity contribution in [2.24, 2.45) is 0 Å². The SMILES string of the molecule is Cc1ccccc1CCOC(=O)NNC(=O)CSc1ncnc2c(C)csc12. The summed E-state index contributed by atoms with van der Waals surface area (Å²) in [5, 5.41) is 2.76. The molecule has 9 heteroatoms. The van der Waals surface area contributed by atoms with Crippen molar-refractivity contribution in [3.63, 3.8) is 0 Å². The van der Waals surface area contributed by atoms with E-state index in [4.69, 9.17) is 4.74 Å². The number of carbonyl (C=O) groups excluding carboxylic acids is 2. The van der Waals surface area contributed by atoms with Crippen LogP contribution in [0.15, 0.2) is 41.0 Å². The van der Waals surface area contributed by atoms with Crippen LogP contribution in [0.5, 0.6) is 0 Å². The molecule has 28 heavy (non-hydrogen) atoms. The minimum Gasteiger partial charge on any atom is -0.448 e. The summed E-state index contributed by atoms with van der Waals surface area (Å²) in [7, 11) is 0. The predicted octanol–water partition coefficient (Wildman–Crippen LogP) is 3.40. The molecule has 0 aliphatic carbocycles. The lowest BCUT2D eigenvalue weighted by atomic mass is 10.1. The molecule has 2 N–H and O–H groups in total. The Morgan fingerprint density at radius 3 is 2.79 bits per heavy atom. The normalized spacial score (nSPS) is 10.6. The van der Waals surface area contributed by atoms with Gasteiger partial charge in [-0.15, -0.1) is 11.3 Å². The van der Waals surface area contributed by atoms with Gasteiger partial charge < -0.3 is 4.74 Å². The third-order valence-corrected chi connectivity index (χ3v) is 6.22. The van der Waals surface area contributed by atoms with Gasteiger partial charge in [-0.2, -0.15) is 0 Å². The second kappa shape index (κ2) is 9.52. The van der Waals surface area contributed by atoms with Gasteiger partial charge in [-0.1, -0.05) is 36.0 Å². The largest absolute Gasteiger partial charge is 0.448 e. The lowest BCUT2D eigenvalue weighted by molar-refractivity contribution is -0.119. The van der Waals surface area contributed by atoms with Crippen LogP contribution in [0.25, 0.3) is 10.2 Å². The maximum absolute atomic E-state index is 12.0. The number of hydrazine groups is 1. The summed E-state index contributed by atoms with van der Waals surface area (Å²) >= 11 is 2.85. The van der Waals surface area contributed by atoms with Crippen molar-refractivity contribution in [3.8, 4) is 0 Å². The van der Waals surface area contributed by atoms with E-state index in [1.807, 2.05) is 43.5 Å². The van der Waals surface area contributed by atoms with Crippen LogP contribution >= 0.6 is 23.1 Å². The summed E-state index contributed by atoms with van der Waals surface area (Å²) in [4.78, 5) is 32.2. The van der Waals surface area contributed by atoms with Crippen LogP contribution in [0.4, 0.5) is 4.79 Å². The molecule has 0 atom stereocenters. The van der Waals surface area contributed by atoms with Crippen molar-refractivity contribution in [1.29, 1.82) is 0 Å².